The van der Waals surface area contributed by atoms with Gasteiger partial charge in [-0.3, -0.25) is 14.9 Å². The number of nitro groups is 1. The van der Waals surface area contributed by atoms with Gasteiger partial charge in [0.25, 0.3) is 11.6 Å². The van der Waals surface area contributed by atoms with Crippen LogP contribution in [0.3, 0.4) is 0 Å². The molecule has 108 valence electrons. The lowest BCUT2D eigenvalue weighted by molar-refractivity contribution is -0.385. The summed E-state index contributed by atoms with van der Waals surface area (Å²) in [6, 6.07) is 7.05. The second-order valence-electron chi connectivity index (χ2n) is 4.15. The first-order valence-electron chi connectivity index (χ1n) is 5.68. The van der Waals surface area contributed by atoms with E-state index in [0.29, 0.717) is 0 Å². The van der Waals surface area contributed by atoms with Gasteiger partial charge in [0.05, 0.1) is 4.92 Å². The molecule has 0 aromatic heterocycles. The van der Waals surface area contributed by atoms with Crippen LogP contribution in [0.15, 0.2) is 36.4 Å². The van der Waals surface area contributed by atoms with Gasteiger partial charge < -0.3 is 11.1 Å². The van der Waals surface area contributed by atoms with Gasteiger partial charge in [-0.2, -0.15) is 0 Å². The molecule has 0 unspecified atom stereocenters. The fourth-order valence-corrected chi connectivity index (χ4v) is 1.94. The molecule has 3 N–H and O–H groups in total. The van der Waals surface area contributed by atoms with E-state index in [1.54, 1.807) is 0 Å². The summed E-state index contributed by atoms with van der Waals surface area (Å²) in [7, 11) is 0. The number of nitrogens with one attached hydrogen (secondary N) is 1. The van der Waals surface area contributed by atoms with Crippen molar-refractivity contribution in [1.29, 1.82) is 0 Å². The van der Waals surface area contributed by atoms with E-state index >= 15 is 0 Å². The van der Waals surface area contributed by atoms with Crippen LogP contribution in [0.5, 0.6) is 0 Å². The zero-order valence-corrected chi connectivity index (χ0v) is 11.2. The fraction of sp³-hybridized carbons (Fsp3) is 0. The first-order valence-corrected chi connectivity index (χ1v) is 6.06. The summed E-state index contributed by atoms with van der Waals surface area (Å²) in [5.74, 6) is -1.42. The molecule has 0 aliphatic heterocycles. The molecule has 0 radical (unpaired) electrons. The Kier molecular flexibility index (Phi) is 4.04. The molecule has 0 atom stereocenters. The maximum atomic E-state index is 13.2. The summed E-state index contributed by atoms with van der Waals surface area (Å²) in [6.45, 7) is 0. The van der Waals surface area contributed by atoms with Gasteiger partial charge >= 0.3 is 0 Å². The Morgan fingerprint density at radius 3 is 2.62 bits per heavy atom. The zero-order chi connectivity index (χ0) is 15.6. The molecule has 0 aliphatic rings. The second-order valence-corrected chi connectivity index (χ2v) is 4.58. The summed E-state index contributed by atoms with van der Waals surface area (Å²) in [6.07, 6.45) is 0. The van der Waals surface area contributed by atoms with Crippen LogP contribution < -0.4 is 11.1 Å². The quantitative estimate of drug-likeness (QED) is 0.516. The van der Waals surface area contributed by atoms with Crippen LogP contribution in [0.4, 0.5) is 21.5 Å². The Morgan fingerprint density at radius 2 is 2.00 bits per heavy atom. The van der Waals surface area contributed by atoms with E-state index in [1.165, 1.54) is 18.2 Å². The lowest BCUT2D eigenvalue weighted by atomic mass is 10.1. The summed E-state index contributed by atoms with van der Waals surface area (Å²) in [4.78, 5) is 22.3. The highest BCUT2D eigenvalue weighted by Crippen LogP contribution is 2.24. The molecule has 0 saturated heterocycles. The number of carbonyl (C=O) groups excluding carboxylic acids is 1. The predicted octanol–water partition coefficient (Wildman–Crippen LogP) is 3.22. The normalized spacial score (nSPS) is 10.2. The number of hydrogen-bond acceptors (Lipinski definition) is 4. The zero-order valence-electron chi connectivity index (χ0n) is 10.5. The summed E-state index contributed by atoms with van der Waals surface area (Å²) in [5.41, 5.74) is 5.18. The molecule has 6 nitrogen and oxygen atoms in total. The van der Waals surface area contributed by atoms with Gasteiger partial charge in [0, 0.05) is 22.5 Å². The number of nitrogens with zero attached hydrogens (tertiary/aromatic N) is 1. The first kappa shape index (κ1) is 14.7. The van der Waals surface area contributed by atoms with Crippen molar-refractivity contribution in [3.63, 3.8) is 0 Å². The van der Waals surface area contributed by atoms with Crippen molar-refractivity contribution < 1.29 is 14.1 Å². The molecule has 2 aromatic carbocycles. The van der Waals surface area contributed by atoms with E-state index in [-0.39, 0.29) is 22.0 Å². The largest absolute Gasteiger partial charge is 0.399 e. The molecule has 2 rings (SSSR count). The molecule has 0 saturated carbocycles. The average Bonchev–Trinajstić information content (AvgIpc) is 2.36. The third-order valence-electron chi connectivity index (χ3n) is 2.58. The Balaban J connectivity index is 2.36. The van der Waals surface area contributed by atoms with Gasteiger partial charge in [0.15, 0.2) is 0 Å². The maximum absolute atomic E-state index is 13.2. The van der Waals surface area contributed by atoms with E-state index < -0.39 is 22.3 Å². The Morgan fingerprint density at radius 1 is 1.29 bits per heavy atom. The van der Waals surface area contributed by atoms with E-state index in [2.05, 4.69) is 5.32 Å². The highest BCUT2D eigenvalue weighted by molar-refractivity contribution is 6.31. The number of nitrogens with two attached hydrogens (primary N) is 1. The van der Waals surface area contributed by atoms with Crippen molar-refractivity contribution in [1.82, 2.24) is 0 Å². The van der Waals surface area contributed by atoms with Crippen molar-refractivity contribution >= 4 is 34.6 Å². The first-order chi connectivity index (χ1) is 9.86. The van der Waals surface area contributed by atoms with Gasteiger partial charge in [0.1, 0.15) is 11.4 Å². The molecule has 0 heterocycles. The van der Waals surface area contributed by atoms with Crippen LogP contribution in [0.2, 0.25) is 5.02 Å². The minimum absolute atomic E-state index is 0.0849. The number of hydrogen-bond donors (Lipinski definition) is 2. The molecule has 21 heavy (non-hydrogen) atoms. The molecule has 1 amide bonds. The van der Waals surface area contributed by atoms with E-state index in [0.717, 1.165) is 18.2 Å². The molecule has 8 heteroatoms. The number of anilines is 2. The smallest absolute Gasteiger partial charge is 0.282 e. The number of nitro benzene ring substituents is 1. The lowest BCUT2D eigenvalue weighted by Crippen LogP contribution is -2.14. The van der Waals surface area contributed by atoms with Crippen molar-refractivity contribution in [2.45, 2.75) is 0 Å². The predicted molar refractivity (Wildman–Crippen MR) is 76.9 cm³/mol. The standard InChI is InChI=1S/C13H9ClFN3O3/c14-7-3-8(15)5-10(4-7)17-13(19)11-6-9(16)1-2-12(11)18(20)21/h1-6H,16H2,(H,17,19). The second kappa shape index (κ2) is 5.76. The van der Waals surface area contributed by atoms with Gasteiger partial charge in [-0.25, -0.2) is 4.39 Å². The van der Waals surface area contributed by atoms with E-state index in [1.807, 2.05) is 0 Å². The number of rotatable bonds is 3. The Labute approximate surface area is 123 Å². The van der Waals surface area contributed by atoms with E-state index in [4.69, 9.17) is 17.3 Å². The number of amides is 1. The third kappa shape index (κ3) is 3.46. The fourth-order valence-electron chi connectivity index (χ4n) is 1.72. The molecule has 0 aliphatic carbocycles. The van der Waals surface area contributed by atoms with Crippen LogP contribution in [0, 0.1) is 15.9 Å². The molecule has 0 spiro atoms. The third-order valence-corrected chi connectivity index (χ3v) is 2.80. The number of benzene rings is 2. The van der Waals surface area contributed by atoms with Crippen LogP contribution in [0.25, 0.3) is 0 Å². The van der Waals surface area contributed by atoms with Crippen molar-refractivity contribution in [3.8, 4) is 0 Å². The van der Waals surface area contributed by atoms with Crippen LogP contribution >= 0.6 is 11.6 Å². The van der Waals surface area contributed by atoms with Crippen LogP contribution in [-0.2, 0) is 0 Å². The lowest BCUT2D eigenvalue weighted by Gasteiger charge is -2.07. The van der Waals surface area contributed by atoms with Gasteiger partial charge in [-0.1, -0.05) is 11.6 Å². The number of carbonyl (C=O) groups is 1. The van der Waals surface area contributed by atoms with Crippen LogP contribution in [-0.4, -0.2) is 10.8 Å². The minimum atomic E-state index is -0.782. The highest BCUT2D eigenvalue weighted by atomic mass is 35.5. The molecule has 0 fully saturated rings. The van der Waals surface area contributed by atoms with Crippen molar-refractivity contribution in [3.05, 3.63) is 62.9 Å². The average molecular weight is 310 g/mol. The maximum Gasteiger partial charge on any atom is 0.282 e. The monoisotopic (exact) mass is 309 g/mol. The van der Waals surface area contributed by atoms with Crippen LogP contribution in [0.1, 0.15) is 10.4 Å². The summed E-state index contributed by atoms with van der Waals surface area (Å²) >= 11 is 5.67. The SMILES string of the molecule is Nc1ccc([N+](=O)[O-])c(C(=O)Nc2cc(F)cc(Cl)c2)c1. The van der Waals surface area contributed by atoms with Crippen molar-refractivity contribution in [2.24, 2.45) is 0 Å². The van der Waals surface area contributed by atoms with Gasteiger partial charge in [-0.05, 0) is 30.3 Å². The minimum Gasteiger partial charge on any atom is -0.399 e. The van der Waals surface area contributed by atoms with Gasteiger partial charge in [0.2, 0.25) is 0 Å². The number of nitrogen functional groups attached to an aromatic ring is 1. The highest BCUT2D eigenvalue weighted by Gasteiger charge is 2.20. The topological polar surface area (TPSA) is 98.3 Å². The Bertz CT molecular complexity index is 716. The Hall–Kier alpha value is -2.67. The van der Waals surface area contributed by atoms with E-state index in [9.17, 15) is 19.3 Å². The molecule has 0 bridgehead atoms. The molecule has 2 aromatic rings. The van der Waals surface area contributed by atoms with Crippen molar-refractivity contribution in [2.75, 3.05) is 11.1 Å². The molecular weight excluding hydrogens is 301 g/mol. The van der Waals surface area contributed by atoms with Gasteiger partial charge in [-0.15, -0.1) is 0 Å². The summed E-state index contributed by atoms with van der Waals surface area (Å²) < 4.78 is 13.2. The number of halogens is 2. The molecular formula is C13H9ClFN3O3. The summed E-state index contributed by atoms with van der Waals surface area (Å²) in [5, 5.41) is 13.3.